The predicted octanol–water partition coefficient (Wildman–Crippen LogP) is 6.91. The van der Waals surface area contributed by atoms with Gasteiger partial charge in [-0.05, 0) is 50.2 Å². The minimum absolute atomic E-state index is 0.317. The van der Waals surface area contributed by atoms with E-state index >= 15 is 0 Å². The summed E-state index contributed by atoms with van der Waals surface area (Å²) < 4.78 is 5.46. The average Bonchev–Trinajstić information content (AvgIpc) is 3.46. The van der Waals surface area contributed by atoms with Crippen molar-refractivity contribution in [3.05, 3.63) is 89.9 Å². The van der Waals surface area contributed by atoms with Crippen molar-refractivity contribution in [2.45, 2.75) is 13.8 Å². The first kappa shape index (κ1) is 19.0. The third kappa shape index (κ3) is 3.45. The molecule has 5 aromatic rings. The molecule has 0 unspecified atom stereocenters. The van der Waals surface area contributed by atoms with Gasteiger partial charge in [0, 0.05) is 22.4 Å². The highest BCUT2D eigenvalue weighted by molar-refractivity contribution is 7.19. The Labute approximate surface area is 183 Å². The molecule has 0 atom stereocenters. The van der Waals surface area contributed by atoms with E-state index in [1.165, 1.54) is 11.1 Å². The largest absolute Gasteiger partial charge is 0.355 e. The number of hydrogen-bond acceptors (Lipinski definition) is 6. The second-order valence-corrected chi connectivity index (χ2v) is 8.41. The fourth-order valence-corrected chi connectivity index (χ4v) is 4.56. The summed E-state index contributed by atoms with van der Waals surface area (Å²) >= 11 is 1.64. The molecular formula is C25H18N4OS. The molecule has 0 saturated carbocycles. The molecule has 31 heavy (non-hydrogen) atoms. The van der Waals surface area contributed by atoms with Crippen LogP contribution < -0.4 is 4.90 Å². The van der Waals surface area contributed by atoms with Crippen LogP contribution in [-0.2, 0) is 0 Å². The van der Waals surface area contributed by atoms with Gasteiger partial charge in [0.05, 0.1) is 17.1 Å². The Morgan fingerprint density at radius 1 is 0.871 bits per heavy atom. The topological polar surface area (TPSA) is 66.0 Å². The van der Waals surface area contributed by atoms with Gasteiger partial charge in [-0.3, -0.25) is 0 Å². The molecule has 5 rings (SSSR count). The van der Waals surface area contributed by atoms with Crippen LogP contribution in [0.3, 0.4) is 0 Å². The Bertz CT molecular complexity index is 1360. The third-order valence-electron chi connectivity index (χ3n) is 5.16. The molecule has 0 radical (unpaired) electrons. The van der Waals surface area contributed by atoms with E-state index in [1.54, 1.807) is 23.7 Å². The Kier molecular flexibility index (Phi) is 4.73. The van der Waals surface area contributed by atoms with Gasteiger partial charge in [-0.2, -0.15) is 5.26 Å². The lowest BCUT2D eigenvalue weighted by atomic mass is 10.1. The Morgan fingerprint density at radius 3 is 2.13 bits per heavy atom. The summed E-state index contributed by atoms with van der Waals surface area (Å²) in [4.78, 5) is 7.53. The van der Waals surface area contributed by atoms with E-state index < -0.39 is 0 Å². The van der Waals surface area contributed by atoms with E-state index in [1.807, 2.05) is 0 Å². The number of nitrogens with zero attached hydrogens (tertiary/aromatic N) is 4. The minimum atomic E-state index is 0.317. The third-order valence-corrected chi connectivity index (χ3v) is 6.26. The van der Waals surface area contributed by atoms with E-state index in [0.717, 1.165) is 26.8 Å². The van der Waals surface area contributed by atoms with Gasteiger partial charge in [0.15, 0.2) is 11.3 Å². The van der Waals surface area contributed by atoms with Crippen LogP contribution in [-0.4, -0.2) is 10.1 Å². The van der Waals surface area contributed by atoms with Gasteiger partial charge < -0.3 is 9.42 Å². The van der Waals surface area contributed by atoms with Crippen LogP contribution in [0.2, 0.25) is 0 Å². The first-order valence-electron chi connectivity index (χ1n) is 9.81. The maximum absolute atomic E-state index is 9.30. The van der Waals surface area contributed by atoms with Gasteiger partial charge in [0.2, 0.25) is 0 Å². The molecule has 5 nitrogen and oxygen atoms in total. The number of pyridine rings is 1. The van der Waals surface area contributed by atoms with E-state index in [2.05, 4.69) is 95.6 Å². The van der Waals surface area contributed by atoms with Crippen molar-refractivity contribution < 1.29 is 4.52 Å². The highest BCUT2D eigenvalue weighted by Crippen LogP contribution is 2.43. The standard InChI is InChI=1S/C25H18N4OS/c1-16-3-7-18(8-4-16)29(19-9-5-17(2)6-10-19)24-12-11-23(31-24)21-14-27-22(13-26)20-15-28-30-25(20)21/h3-12,14-15H,1-2H3. The van der Waals surface area contributed by atoms with E-state index in [-0.39, 0.29) is 0 Å². The molecule has 6 heteroatoms. The van der Waals surface area contributed by atoms with Gasteiger partial charge in [-0.25, -0.2) is 4.98 Å². The van der Waals surface area contributed by atoms with Crippen LogP contribution in [0, 0.1) is 25.2 Å². The number of benzene rings is 2. The summed E-state index contributed by atoms with van der Waals surface area (Å²) in [5.41, 5.74) is 6.34. The zero-order chi connectivity index (χ0) is 21.4. The van der Waals surface area contributed by atoms with Gasteiger partial charge >= 0.3 is 0 Å². The summed E-state index contributed by atoms with van der Waals surface area (Å²) in [6.45, 7) is 4.17. The molecular weight excluding hydrogens is 404 g/mol. The van der Waals surface area contributed by atoms with Crippen LogP contribution in [0.4, 0.5) is 16.4 Å². The molecule has 0 spiro atoms. The second kappa shape index (κ2) is 7.71. The lowest BCUT2D eigenvalue weighted by Gasteiger charge is -2.24. The highest BCUT2D eigenvalue weighted by Gasteiger charge is 2.18. The van der Waals surface area contributed by atoms with Crippen molar-refractivity contribution in [1.29, 1.82) is 5.26 Å². The van der Waals surface area contributed by atoms with Gasteiger partial charge in [-0.15, -0.1) is 11.3 Å². The fourth-order valence-electron chi connectivity index (χ4n) is 3.51. The SMILES string of the molecule is Cc1ccc(N(c2ccc(C)cc2)c2ccc(-c3cnc(C#N)c4cnoc34)s2)cc1. The number of hydrogen-bond donors (Lipinski definition) is 0. The zero-order valence-corrected chi connectivity index (χ0v) is 17.9. The van der Waals surface area contributed by atoms with Crippen molar-refractivity contribution in [2.24, 2.45) is 0 Å². The van der Waals surface area contributed by atoms with Crippen LogP contribution in [0.15, 0.2) is 77.6 Å². The number of rotatable bonds is 4. The minimum Gasteiger partial charge on any atom is -0.355 e. The van der Waals surface area contributed by atoms with Crippen LogP contribution in [0.5, 0.6) is 0 Å². The summed E-state index contributed by atoms with van der Waals surface area (Å²) in [5.74, 6) is 0. The molecule has 0 fully saturated rings. The van der Waals surface area contributed by atoms with Crippen LogP contribution in [0.25, 0.3) is 21.4 Å². The second-order valence-electron chi connectivity index (χ2n) is 7.35. The van der Waals surface area contributed by atoms with Crippen molar-refractivity contribution >= 4 is 38.7 Å². The highest BCUT2D eigenvalue weighted by atomic mass is 32.1. The number of aryl methyl sites for hydroxylation is 2. The predicted molar refractivity (Wildman–Crippen MR) is 124 cm³/mol. The first-order chi connectivity index (χ1) is 15.1. The maximum Gasteiger partial charge on any atom is 0.179 e. The lowest BCUT2D eigenvalue weighted by Crippen LogP contribution is -2.08. The first-order valence-corrected chi connectivity index (χ1v) is 10.6. The lowest BCUT2D eigenvalue weighted by molar-refractivity contribution is 0.457. The molecule has 0 aliphatic rings. The molecule has 0 bridgehead atoms. The molecule has 0 amide bonds. The van der Waals surface area contributed by atoms with Gasteiger partial charge in [-0.1, -0.05) is 40.5 Å². The quantitative estimate of drug-likeness (QED) is 0.315. The van der Waals surface area contributed by atoms with Crippen LogP contribution >= 0.6 is 11.3 Å². The van der Waals surface area contributed by atoms with Crippen molar-refractivity contribution in [3.63, 3.8) is 0 Å². The summed E-state index contributed by atoms with van der Waals surface area (Å²) in [6.07, 6.45) is 3.23. The number of thiophene rings is 1. The molecule has 3 aromatic heterocycles. The monoisotopic (exact) mass is 422 g/mol. The molecule has 0 aliphatic heterocycles. The molecule has 0 N–H and O–H groups in total. The Hall–Kier alpha value is -3.95. The summed E-state index contributed by atoms with van der Waals surface area (Å²) in [7, 11) is 0. The molecule has 0 saturated heterocycles. The molecule has 0 aliphatic carbocycles. The van der Waals surface area contributed by atoms with Crippen molar-refractivity contribution in [3.8, 4) is 16.5 Å². The van der Waals surface area contributed by atoms with Crippen molar-refractivity contribution in [2.75, 3.05) is 4.90 Å². The van der Waals surface area contributed by atoms with E-state index in [0.29, 0.717) is 16.7 Å². The Balaban J connectivity index is 1.63. The van der Waals surface area contributed by atoms with E-state index in [9.17, 15) is 5.26 Å². The normalized spacial score (nSPS) is 10.9. The number of fused-ring (bicyclic) bond motifs is 1. The maximum atomic E-state index is 9.30. The summed E-state index contributed by atoms with van der Waals surface area (Å²) in [6, 6.07) is 23.2. The zero-order valence-electron chi connectivity index (χ0n) is 17.0. The van der Waals surface area contributed by atoms with Crippen molar-refractivity contribution in [1.82, 2.24) is 10.1 Å². The number of aromatic nitrogens is 2. The molecule has 150 valence electrons. The van der Waals surface area contributed by atoms with E-state index in [4.69, 9.17) is 4.52 Å². The smallest absolute Gasteiger partial charge is 0.179 e. The van der Waals surface area contributed by atoms with Gasteiger partial charge in [0.1, 0.15) is 11.1 Å². The van der Waals surface area contributed by atoms with Crippen LogP contribution in [0.1, 0.15) is 16.8 Å². The summed E-state index contributed by atoms with van der Waals surface area (Å²) in [5, 5.41) is 14.9. The Morgan fingerprint density at radius 2 is 1.52 bits per heavy atom. The number of nitriles is 1. The number of anilines is 3. The average molecular weight is 423 g/mol. The molecule has 3 heterocycles. The molecule has 2 aromatic carbocycles. The fraction of sp³-hybridized carbons (Fsp3) is 0.0800. The van der Waals surface area contributed by atoms with Gasteiger partial charge in [0.25, 0.3) is 0 Å².